The minimum absolute atomic E-state index is 0.0233. The van der Waals surface area contributed by atoms with Gasteiger partial charge in [-0.15, -0.1) is 0 Å². The van der Waals surface area contributed by atoms with Crippen molar-refractivity contribution in [3.63, 3.8) is 0 Å². The Morgan fingerprint density at radius 1 is 1.29 bits per heavy atom. The van der Waals surface area contributed by atoms with Gasteiger partial charge in [0.05, 0.1) is 12.5 Å². The quantitative estimate of drug-likeness (QED) is 0.705. The zero-order valence-electron chi connectivity index (χ0n) is 12.4. The Balaban J connectivity index is 1.63. The van der Waals surface area contributed by atoms with Gasteiger partial charge in [-0.05, 0) is 49.3 Å². The summed E-state index contributed by atoms with van der Waals surface area (Å²) in [6, 6.07) is 6.77. The van der Waals surface area contributed by atoms with Crippen LogP contribution < -0.4 is 5.32 Å². The molecule has 4 nitrogen and oxygen atoms in total. The van der Waals surface area contributed by atoms with Gasteiger partial charge in [0.1, 0.15) is 5.75 Å². The molecule has 1 aromatic carbocycles. The first kappa shape index (κ1) is 15.8. The topological polar surface area (TPSA) is 69.6 Å². The lowest BCUT2D eigenvalue weighted by Crippen LogP contribution is -2.28. The van der Waals surface area contributed by atoms with E-state index >= 15 is 0 Å². The number of carbonyl (C=O) groups is 1. The van der Waals surface area contributed by atoms with Gasteiger partial charge in [-0.2, -0.15) is 0 Å². The highest BCUT2D eigenvalue weighted by atomic mass is 16.3. The maximum absolute atomic E-state index is 11.8. The van der Waals surface area contributed by atoms with Crippen molar-refractivity contribution in [3.05, 3.63) is 29.8 Å². The maximum atomic E-state index is 11.8. The summed E-state index contributed by atoms with van der Waals surface area (Å²) in [5.74, 6) is 0.568. The first-order chi connectivity index (χ1) is 10.1. The van der Waals surface area contributed by atoms with Gasteiger partial charge in [-0.3, -0.25) is 4.79 Å². The number of carbonyl (C=O) groups excluding carboxylic acids is 1. The van der Waals surface area contributed by atoms with Gasteiger partial charge in [-0.25, -0.2) is 0 Å². The zero-order valence-corrected chi connectivity index (χ0v) is 12.4. The molecule has 1 aliphatic rings. The molecule has 0 aromatic heterocycles. The van der Waals surface area contributed by atoms with E-state index in [1.807, 2.05) is 6.07 Å². The minimum Gasteiger partial charge on any atom is -0.508 e. The van der Waals surface area contributed by atoms with Gasteiger partial charge in [0, 0.05) is 6.54 Å². The second-order valence-electron chi connectivity index (χ2n) is 5.95. The van der Waals surface area contributed by atoms with Gasteiger partial charge in [-0.1, -0.05) is 25.0 Å². The van der Waals surface area contributed by atoms with Crippen LogP contribution in [0, 0.1) is 5.92 Å². The summed E-state index contributed by atoms with van der Waals surface area (Å²) in [7, 11) is 0. The van der Waals surface area contributed by atoms with Crippen LogP contribution in [0.5, 0.6) is 5.75 Å². The van der Waals surface area contributed by atoms with Crippen LogP contribution in [0.2, 0.25) is 0 Å². The van der Waals surface area contributed by atoms with E-state index < -0.39 is 0 Å². The van der Waals surface area contributed by atoms with E-state index in [1.54, 1.807) is 18.2 Å². The first-order valence-electron chi connectivity index (χ1n) is 7.88. The van der Waals surface area contributed by atoms with Gasteiger partial charge < -0.3 is 15.5 Å². The molecule has 0 bridgehead atoms. The van der Waals surface area contributed by atoms with E-state index in [-0.39, 0.29) is 17.8 Å². The average Bonchev–Trinajstić information content (AvgIpc) is 2.45. The number of hydrogen-bond donors (Lipinski definition) is 3. The van der Waals surface area contributed by atoms with E-state index in [0.29, 0.717) is 18.9 Å². The summed E-state index contributed by atoms with van der Waals surface area (Å²) in [5, 5.41) is 22.1. The number of amides is 1. The maximum Gasteiger partial charge on any atom is 0.224 e. The van der Waals surface area contributed by atoms with Gasteiger partial charge in [0.2, 0.25) is 5.91 Å². The Kier molecular flexibility index (Phi) is 6.05. The lowest BCUT2D eigenvalue weighted by Gasteiger charge is -2.27. The van der Waals surface area contributed by atoms with Crippen LogP contribution in [0.25, 0.3) is 0 Å². The highest BCUT2D eigenvalue weighted by molar-refractivity contribution is 5.78. The standard InChI is InChI=1S/C17H25NO3/c19-15-8-3-5-13(11-15)12-17(21)18-10-4-7-14-6-1-2-9-16(14)20/h3,5,8,11,14,16,19-20H,1-2,4,6-7,9-10,12H2,(H,18,21). The molecule has 0 spiro atoms. The van der Waals surface area contributed by atoms with Crippen LogP contribution in [0.3, 0.4) is 0 Å². The number of aliphatic hydroxyl groups is 1. The number of aliphatic hydroxyl groups excluding tert-OH is 1. The lowest BCUT2D eigenvalue weighted by molar-refractivity contribution is -0.120. The summed E-state index contributed by atoms with van der Waals surface area (Å²) in [6.07, 6.45) is 6.42. The normalized spacial score (nSPS) is 22.0. The Morgan fingerprint density at radius 2 is 2.10 bits per heavy atom. The molecule has 2 rings (SSSR count). The van der Waals surface area contributed by atoms with E-state index in [2.05, 4.69) is 5.32 Å². The van der Waals surface area contributed by atoms with Gasteiger partial charge >= 0.3 is 0 Å². The third-order valence-corrected chi connectivity index (χ3v) is 4.22. The second kappa shape index (κ2) is 8.03. The highest BCUT2D eigenvalue weighted by Gasteiger charge is 2.22. The molecule has 0 aliphatic heterocycles. The molecule has 21 heavy (non-hydrogen) atoms. The molecule has 1 fully saturated rings. The van der Waals surface area contributed by atoms with Crippen LogP contribution >= 0.6 is 0 Å². The van der Waals surface area contributed by atoms with E-state index in [9.17, 15) is 15.0 Å². The average molecular weight is 291 g/mol. The molecule has 0 heterocycles. The number of nitrogens with one attached hydrogen (secondary N) is 1. The summed E-state index contributed by atoms with van der Waals surface area (Å²) in [4.78, 5) is 11.8. The summed E-state index contributed by atoms with van der Waals surface area (Å²) in [5.41, 5.74) is 0.815. The highest BCUT2D eigenvalue weighted by Crippen LogP contribution is 2.27. The fourth-order valence-corrected chi connectivity index (χ4v) is 3.03. The number of benzene rings is 1. The van der Waals surface area contributed by atoms with Crippen molar-refractivity contribution in [1.82, 2.24) is 5.32 Å². The molecule has 2 unspecified atom stereocenters. The lowest BCUT2D eigenvalue weighted by atomic mass is 9.83. The van der Waals surface area contributed by atoms with Crippen LogP contribution in [-0.2, 0) is 11.2 Å². The van der Waals surface area contributed by atoms with Crippen molar-refractivity contribution in [3.8, 4) is 5.75 Å². The Hall–Kier alpha value is -1.55. The Morgan fingerprint density at radius 3 is 2.86 bits per heavy atom. The smallest absolute Gasteiger partial charge is 0.224 e. The van der Waals surface area contributed by atoms with Crippen molar-refractivity contribution in [2.24, 2.45) is 5.92 Å². The summed E-state index contributed by atoms with van der Waals surface area (Å²) >= 11 is 0. The third-order valence-electron chi connectivity index (χ3n) is 4.22. The molecular formula is C17H25NO3. The number of phenols is 1. The van der Waals surface area contributed by atoms with Crippen molar-refractivity contribution >= 4 is 5.91 Å². The molecular weight excluding hydrogens is 266 g/mol. The predicted octanol–water partition coefficient (Wildman–Crippen LogP) is 2.38. The van der Waals surface area contributed by atoms with E-state index in [0.717, 1.165) is 37.7 Å². The molecule has 1 amide bonds. The second-order valence-corrected chi connectivity index (χ2v) is 5.95. The fourth-order valence-electron chi connectivity index (χ4n) is 3.03. The molecule has 4 heteroatoms. The molecule has 116 valence electrons. The summed E-state index contributed by atoms with van der Waals surface area (Å²) < 4.78 is 0. The minimum atomic E-state index is -0.151. The SMILES string of the molecule is O=C(Cc1cccc(O)c1)NCCCC1CCCCC1O. The Labute approximate surface area is 126 Å². The molecule has 3 N–H and O–H groups in total. The van der Waals surface area contributed by atoms with Crippen LogP contribution in [-0.4, -0.2) is 28.8 Å². The third kappa shape index (κ3) is 5.38. The monoisotopic (exact) mass is 291 g/mol. The van der Waals surface area contributed by atoms with Crippen LogP contribution in [0.1, 0.15) is 44.1 Å². The number of rotatable bonds is 6. The molecule has 2 atom stereocenters. The molecule has 0 radical (unpaired) electrons. The largest absolute Gasteiger partial charge is 0.508 e. The van der Waals surface area contributed by atoms with Crippen LogP contribution in [0.4, 0.5) is 0 Å². The summed E-state index contributed by atoms with van der Waals surface area (Å²) in [6.45, 7) is 0.654. The van der Waals surface area contributed by atoms with Crippen molar-refractivity contribution in [2.75, 3.05) is 6.54 Å². The number of phenolic OH excluding ortho intramolecular Hbond substituents is 1. The first-order valence-corrected chi connectivity index (χ1v) is 7.88. The van der Waals surface area contributed by atoms with Crippen LogP contribution in [0.15, 0.2) is 24.3 Å². The van der Waals surface area contributed by atoms with Crippen molar-refractivity contribution < 1.29 is 15.0 Å². The number of hydrogen-bond acceptors (Lipinski definition) is 3. The van der Waals surface area contributed by atoms with Gasteiger partial charge in [0.25, 0.3) is 0 Å². The van der Waals surface area contributed by atoms with E-state index in [1.165, 1.54) is 6.42 Å². The predicted molar refractivity (Wildman–Crippen MR) is 82.0 cm³/mol. The van der Waals surface area contributed by atoms with Crippen molar-refractivity contribution in [2.45, 2.75) is 51.0 Å². The van der Waals surface area contributed by atoms with E-state index in [4.69, 9.17) is 0 Å². The van der Waals surface area contributed by atoms with Gasteiger partial charge in [0.15, 0.2) is 0 Å². The fraction of sp³-hybridized carbons (Fsp3) is 0.588. The molecule has 1 saturated carbocycles. The number of aromatic hydroxyl groups is 1. The zero-order chi connectivity index (χ0) is 15.1. The molecule has 1 aromatic rings. The molecule has 1 aliphatic carbocycles. The Bertz CT molecular complexity index is 461. The van der Waals surface area contributed by atoms with Crippen molar-refractivity contribution in [1.29, 1.82) is 0 Å². The molecule has 0 saturated heterocycles.